The molecule has 0 saturated heterocycles. The first-order chi connectivity index (χ1) is 36.9. The lowest BCUT2D eigenvalue weighted by Crippen LogP contribution is -2.02. The Morgan fingerprint density at radius 3 is 1.23 bits per heavy atom. The number of para-hydroxylation sites is 2. The van der Waals surface area contributed by atoms with E-state index in [1.807, 2.05) is 18.2 Å². The molecule has 0 amide bonds. The zero-order chi connectivity index (χ0) is 50.6. The van der Waals surface area contributed by atoms with Crippen LogP contribution in [0.1, 0.15) is 22.3 Å². The van der Waals surface area contributed by atoms with Gasteiger partial charge in [0.05, 0.1) is 33.5 Å². The maximum Gasteiger partial charge on any atom is 0.160 e. The van der Waals surface area contributed by atoms with E-state index in [-0.39, 0.29) is 0 Å². The quantitative estimate of drug-likeness (QED) is 0.129. The van der Waals surface area contributed by atoms with E-state index in [0.29, 0.717) is 5.82 Å². The molecule has 0 radical (unpaired) electrons. The summed E-state index contributed by atoms with van der Waals surface area (Å²) in [6.45, 7) is 14.2. The van der Waals surface area contributed by atoms with Crippen LogP contribution in [-0.2, 0) is 0 Å². The van der Waals surface area contributed by atoms with Crippen LogP contribution >= 0.6 is 0 Å². The van der Waals surface area contributed by atoms with Crippen molar-refractivity contribution in [3.05, 3.63) is 273 Å². The first-order valence-corrected chi connectivity index (χ1v) is 25.4. The first-order valence-electron chi connectivity index (χ1n) is 25.4. The van der Waals surface area contributed by atoms with Gasteiger partial charge in [0, 0.05) is 49.6 Å². The molecule has 4 heteroatoms. The number of rotatable bonds is 11. The second-order valence-corrected chi connectivity index (χ2v) is 19.3. The van der Waals surface area contributed by atoms with Gasteiger partial charge in [0.15, 0.2) is 5.82 Å². The molecule has 0 fully saturated rings. The molecular formula is C71H50N4. The summed E-state index contributed by atoms with van der Waals surface area (Å²) in [5, 5.41) is 4.70. The van der Waals surface area contributed by atoms with Gasteiger partial charge in [0.25, 0.3) is 0 Å². The molecule has 0 atom stereocenters. The molecule has 0 saturated carbocycles. The first kappa shape index (κ1) is 45.0. The topological polar surface area (TPSA) is 35.6 Å². The summed E-state index contributed by atoms with van der Waals surface area (Å²) < 4.78 is 4.84. The van der Waals surface area contributed by atoms with Gasteiger partial charge in [0.1, 0.15) is 0 Å². The lowest BCUT2D eigenvalue weighted by atomic mass is 9.99. The van der Waals surface area contributed by atoms with E-state index < -0.39 is 0 Å². The van der Waals surface area contributed by atoms with Gasteiger partial charge in [-0.3, -0.25) is 0 Å². The minimum atomic E-state index is 0.659. The molecule has 3 aromatic heterocycles. The highest BCUT2D eigenvalue weighted by Gasteiger charge is 2.21. The van der Waals surface area contributed by atoms with Gasteiger partial charge in [0.2, 0.25) is 0 Å². The van der Waals surface area contributed by atoms with Crippen LogP contribution in [0.5, 0.6) is 0 Å². The van der Waals surface area contributed by atoms with Gasteiger partial charge in [-0.05, 0) is 148 Å². The number of nitrogens with zero attached hydrogens (tertiary/aromatic N) is 4. The van der Waals surface area contributed by atoms with Crippen molar-refractivity contribution in [3.8, 4) is 78.7 Å². The lowest BCUT2D eigenvalue weighted by molar-refractivity contribution is 1.13. The zero-order valence-electron chi connectivity index (χ0n) is 41.6. The Kier molecular flexibility index (Phi) is 11.2. The predicted octanol–water partition coefficient (Wildman–Crippen LogP) is 18.9. The third-order valence-electron chi connectivity index (χ3n) is 14.6. The fourth-order valence-corrected chi connectivity index (χ4v) is 10.9. The standard InChI is InChI=1S/C71H50N4/c1-5-47-18-13-21-50(36-47)53-24-16-25-56(39-53)65-45-66(73-71(72-65)57-26-12-17-46(4)35-57)58-40-59(74-67-29-10-8-27-61(67)63-42-54(31-33-69(63)74)51-22-14-19-48(6-2)37-51)44-60(41-58)75-68-30-11-9-28-62(68)64-43-55(32-34-70(64)75)52-23-15-20-49(7-3)38-52/h5-45H,1-3H2,4H3. The van der Waals surface area contributed by atoms with Crippen LogP contribution in [0.3, 0.4) is 0 Å². The number of hydrogen-bond acceptors (Lipinski definition) is 2. The minimum absolute atomic E-state index is 0.659. The number of aryl methyl sites for hydroxylation is 1. The molecular weight excluding hydrogens is 909 g/mol. The minimum Gasteiger partial charge on any atom is -0.309 e. The van der Waals surface area contributed by atoms with E-state index >= 15 is 0 Å². The second kappa shape index (κ2) is 18.6. The largest absolute Gasteiger partial charge is 0.309 e. The van der Waals surface area contributed by atoms with Gasteiger partial charge in [-0.1, -0.05) is 183 Å². The molecule has 0 spiro atoms. The van der Waals surface area contributed by atoms with Crippen LogP contribution in [0.25, 0.3) is 140 Å². The molecule has 4 nitrogen and oxygen atoms in total. The van der Waals surface area contributed by atoms with Crippen LogP contribution in [-0.4, -0.2) is 19.1 Å². The third kappa shape index (κ3) is 8.16. The molecule has 0 aliphatic heterocycles. The second-order valence-electron chi connectivity index (χ2n) is 19.3. The normalized spacial score (nSPS) is 11.4. The summed E-state index contributed by atoms with van der Waals surface area (Å²) in [6.07, 6.45) is 5.70. The van der Waals surface area contributed by atoms with Crippen LogP contribution in [0.4, 0.5) is 0 Å². The number of hydrogen-bond donors (Lipinski definition) is 0. The molecule has 13 rings (SSSR count). The van der Waals surface area contributed by atoms with E-state index in [1.165, 1.54) is 21.5 Å². The molecule has 0 unspecified atom stereocenters. The summed E-state index contributed by atoms with van der Waals surface area (Å²) >= 11 is 0. The van der Waals surface area contributed by atoms with E-state index in [4.69, 9.17) is 9.97 Å². The van der Waals surface area contributed by atoms with Crippen LogP contribution < -0.4 is 0 Å². The molecule has 13 aromatic rings. The average molecular weight is 959 g/mol. The smallest absolute Gasteiger partial charge is 0.160 e. The van der Waals surface area contributed by atoms with Gasteiger partial charge in [-0.2, -0.15) is 0 Å². The van der Waals surface area contributed by atoms with Crippen molar-refractivity contribution < 1.29 is 0 Å². The molecule has 0 N–H and O–H groups in total. The monoisotopic (exact) mass is 958 g/mol. The Bertz CT molecular complexity index is 4260. The van der Waals surface area contributed by atoms with E-state index in [9.17, 15) is 0 Å². The van der Waals surface area contributed by atoms with Gasteiger partial charge < -0.3 is 9.13 Å². The van der Waals surface area contributed by atoms with Crippen LogP contribution in [0, 0.1) is 6.92 Å². The number of aromatic nitrogens is 4. The number of fused-ring (bicyclic) bond motifs is 6. The predicted molar refractivity (Wildman–Crippen MR) is 318 cm³/mol. The van der Waals surface area contributed by atoms with Crippen LogP contribution in [0.15, 0.2) is 250 Å². The van der Waals surface area contributed by atoms with Crippen molar-refractivity contribution >= 4 is 61.8 Å². The molecule has 10 aromatic carbocycles. The summed E-state index contributed by atoms with van der Waals surface area (Å²) in [4.78, 5) is 10.9. The Morgan fingerprint density at radius 2 is 0.720 bits per heavy atom. The highest BCUT2D eigenvalue weighted by atomic mass is 15.0. The van der Waals surface area contributed by atoms with Crippen molar-refractivity contribution in [3.63, 3.8) is 0 Å². The SMILES string of the molecule is C=Cc1cccc(-c2cccc(-c3cc(-c4cc(-n5c6ccccc6c6cc(-c7cccc(C=C)c7)ccc65)cc(-n5c6ccccc6c6cc(-c7cccc(C=C)c7)ccc65)c4)nc(-c4cccc(C)c4)n3)c2)c1. The maximum atomic E-state index is 5.50. The number of benzene rings is 10. The Hall–Kier alpha value is -9.90. The molecule has 0 aliphatic carbocycles. The van der Waals surface area contributed by atoms with Crippen molar-refractivity contribution in [2.24, 2.45) is 0 Å². The maximum absolute atomic E-state index is 5.50. The van der Waals surface area contributed by atoms with Crippen molar-refractivity contribution in [1.29, 1.82) is 0 Å². The Labute approximate surface area is 436 Å². The van der Waals surface area contributed by atoms with Gasteiger partial charge in [-0.25, -0.2) is 9.97 Å². The Morgan fingerprint density at radius 1 is 0.307 bits per heavy atom. The molecule has 354 valence electrons. The summed E-state index contributed by atoms with van der Waals surface area (Å²) in [5.41, 5.74) is 22.3. The zero-order valence-corrected chi connectivity index (χ0v) is 41.6. The molecule has 75 heavy (non-hydrogen) atoms. The van der Waals surface area contributed by atoms with Crippen molar-refractivity contribution in [2.45, 2.75) is 6.92 Å². The van der Waals surface area contributed by atoms with E-state index in [0.717, 1.165) is 117 Å². The fraction of sp³-hybridized carbons (Fsp3) is 0.0141. The van der Waals surface area contributed by atoms with Gasteiger partial charge in [-0.15, -0.1) is 0 Å². The van der Waals surface area contributed by atoms with E-state index in [1.54, 1.807) is 0 Å². The highest BCUT2D eigenvalue weighted by Crippen LogP contribution is 2.41. The summed E-state index contributed by atoms with van der Waals surface area (Å²) in [6, 6.07) is 83.1. The lowest BCUT2D eigenvalue weighted by Gasteiger charge is -2.17. The highest BCUT2D eigenvalue weighted by molar-refractivity contribution is 6.12. The van der Waals surface area contributed by atoms with Crippen LogP contribution in [0.2, 0.25) is 0 Å². The van der Waals surface area contributed by atoms with Crippen molar-refractivity contribution in [2.75, 3.05) is 0 Å². The summed E-state index contributed by atoms with van der Waals surface area (Å²) in [7, 11) is 0. The van der Waals surface area contributed by atoms with Crippen molar-refractivity contribution in [1.82, 2.24) is 19.1 Å². The molecule has 0 aliphatic rings. The summed E-state index contributed by atoms with van der Waals surface area (Å²) in [5.74, 6) is 0.659. The fourth-order valence-electron chi connectivity index (χ4n) is 10.9. The molecule has 0 bridgehead atoms. The molecule has 3 heterocycles. The third-order valence-corrected chi connectivity index (χ3v) is 14.6. The van der Waals surface area contributed by atoms with Gasteiger partial charge >= 0.3 is 0 Å². The Balaban J connectivity index is 1.08. The van der Waals surface area contributed by atoms with E-state index in [2.05, 4.69) is 266 Å². The average Bonchev–Trinajstić information content (AvgIpc) is 3.99.